The molecule has 0 amide bonds. The quantitative estimate of drug-likeness (QED) is 0.781. The molecule has 0 radical (unpaired) electrons. The van der Waals surface area contributed by atoms with Gasteiger partial charge in [0.1, 0.15) is 5.75 Å². The van der Waals surface area contributed by atoms with E-state index in [1.165, 1.54) is 51.6 Å². The number of hydrogen-bond acceptors (Lipinski definition) is 2. The van der Waals surface area contributed by atoms with Crippen LogP contribution in [0.25, 0.3) is 0 Å². The van der Waals surface area contributed by atoms with Crippen LogP contribution in [0.1, 0.15) is 43.2 Å². The van der Waals surface area contributed by atoms with Crippen molar-refractivity contribution in [3.63, 3.8) is 0 Å². The van der Waals surface area contributed by atoms with E-state index < -0.39 is 0 Å². The van der Waals surface area contributed by atoms with Crippen molar-refractivity contribution >= 4 is 0 Å². The van der Waals surface area contributed by atoms with Crippen molar-refractivity contribution in [2.45, 2.75) is 43.9 Å². The van der Waals surface area contributed by atoms with E-state index in [-0.39, 0.29) is 0 Å². The van der Waals surface area contributed by atoms with E-state index in [1.54, 1.807) is 18.2 Å². The first-order chi connectivity index (χ1) is 10.2. The topological polar surface area (TPSA) is 12.5 Å². The minimum atomic E-state index is 0.440. The first-order valence-electron chi connectivity index (χ1n) is 8.59. The largest absolute Gasteiger partial charge is 0.497 e. The smallest absolute Gasteiger partial charge is 0.119 e. The van der Waals surface area contributed by atoms with Gasteiger partial charge in [0.2, 0.25) is 0 Å². The normalized spacial score (nSPS) is 35.5. The first-order valence-corrected chi connectivity index (χ1v) is 8.59. The van der Waals surface area contributed by atoms with Gasteiger partial charge in [0.05, 0.1) is 7.11 Å². The second-order valence-electron chi connectivity index (χ2n) is 7.51. The van der Waals surface area contributed by atoms with Gasteiger partial charge in [-0.05, 0) is 74.4 Å². The molecule has 0 aromatic heterocycles. The third kappa shape index (κ3) is 2.03. The van der Waals surface area contributed by atoms with Crippen LogP contribution in [-0.2, 0) is 11.8 Å². The number of rotatable bonds is 1. The van der Waals surface area contributed by atoms with E-state index in [9.17, 15) is 0 Å². The van der Waals surface area contributed by atoms with Crippen LogP contribution >= 0.6 is 0 Å². The van der Waals surface area contributed by atoms with Crippen LogP contribution in [0.5, 0.6) is 5.75 Å². The standard InChI is InChI=1S/C19H27NO/c1-20-10-9-19-8-4-3-5-17(19)15(13-20)11-14-6-7-16(21-2)12-18(14)19/h6-7,12,15,17H,3-5,8-11,13H2,1-2H3/t15-,17-,19+/m1/s1. The second kappa shape index (κ2) is 5.01. The van der Waals surface area contributed by atoms with Crippen molar-refractivity contribution in [2.75, 3.05) is 27.2 Å². The monoisotopic (exact) mass is 285 g/mol. The van der Waals surface area contributed by atoms with Crippen LogP contribution in [0.4, 0.5) is 0 Å². The average molecular weight is 285 g/mol. The second-order valence-corrected chi connectivity index (χ2v) is 7.51. The summed E-state index contributed by atoms with van der Waals surface area (Å²) in [5, 5.41) is 0. The third-order valence-corrected chi connectivity index (χ3v) is 6.49. The molecule has 4 rings (SSSR count). The predicted molar refractivity (Wildman–Crippen MR) is 85.9 cm³/mol. The number of nitrogens with zero attached hydrogens (tertiary/aromatic N) is 1. The summed E-state index contributed by atoms with van der Waals surface area (Å²) in [5.74, 6) is 2.80. The van der Waals surface area contributed by atoms with E-state index in [0.717, 1.165) is 17.6 Å². The first kappa shape index (κ1) is 13.6. The highest BCUT2D eigenvalue weighted by Crippen LogP contribution is 2.55. The maximum Gasteiger partial charge on any atom is 0.119 e. The zero-order valence-corrected chi connectivity index (χ0v) is 13.4. The molecule has 2 fully saturated rings. The van der Waals surface area contributed by atoms with Crippen molar-refractivity contribution in [3.05, 3.63) is 29.3 Å². The van der Waals surface area contributed by atoms with Crippen LogP contribution in [0.3, 0.4) is 0 Å². The zero-order valence-electron chi connectivity index (χ0n) is 13.4. The lowest BCUT2D eigenvalue weighted by atomic mass is 9.53. The highest BCUT2D eigenvalue weighted by atomic mass is 16.5. The predicted octanol–water partition coefficient (Wildman–Crippen LogP) is 3.63. The molecular formula is C19H27NO. The summed E-state index contributed by atoms with van der Waals surface area (Å²) in [4.78, 5) is 2.58. The number of ether oxygens (including phenoxy) is 1. The Kier molecular flexibility index (Phi) is 3.25. The summed E-state index contributed by atoms with van der Waals surface area (Å²) in [5.41, 5.74) is 3.68. The molecule has 1 heterocycles. The van der Waals surface area contributed by atoms with Gasteiger partial charge in [0.25, 0.3) is 0 Å². The molecule has 1 aromatic rings. The lowest BCUT2D eigenvalue weighted by Crippen LogP contribution is -2.46. The highest BCUT2D eigenvalue weighted by Gasteiger charge is 2.50. The molecule has 3 aliphatic rings. The van der Waals surface area contributed by atoms with Gasteiger partial charge >= 0.3 is 0 Å². The fraction of sp³-hybridized carbons (Fsp3) is 0.684. The number of fused-ring (bicyclic) bond motifs is 1. The number of hydrogen-bond donors (Lipinski definition) is 0. The van der Waals surface area contributed by atoms with Crippen LogP contribution in [0, 0.1) is 11.8 Å². The van der Waals surface area contributed by atoms with Crippen molar-refractivity contribution in [1.29, 1.82) is 0 Å². The molecule has 0 spiro atoms. The minimum absolute atomic E-state index is 0.440. The molecule has 0 unspecified atom stereocenters. The Morgan fingerprint density at radius 1 is 1.24 bits per heavy atom. The zero-order chi connectivity index (χ0) is 14.4. The molecule has 1 aliphatic heterocycles. The molecule has 2 bridgehead atoms. The lowest BCUT2D eigenvalue weighted by Gasteiger charge is -2.51. The molecule has 3 atom stereocenters. The van der Waals surface area contributed by atoms with Crippen LogP contribution in [-0.4, -0.2) is 32.1 Å². The van der Waals surface area contributed by atoms with Gasteiger partial charge in [-0.25, -0.2) is 0 Å². The molecule has 2 aliphatic carbocycles. The van der Waals surface area contributed by atoms with Gasteiger partial charge in [-0.1, -0.05) is 18.9 Å². The molecule has 1 saturated carbocycles. The van der Waals surface area contributed by atoms with Crippen LogP contribution in [0.15, 0.2) is 18.2 Å². The van der Waals surface area contributed by atoms with Crippen molar-refractivity contribution in [3.8, 4) is 5.75 Å². The van der Waals surface area contributed by atoms with Gasteiger partial charge in [-0.2, -0.15) is 0 Å². The molecule has 114 valence electrons. The lowest BCUT2D eigenvalue weighted by molar-refractivity contribution is 0.110. The molecular weight excluding hydrogens is 258 g/mol. The fourth-order valence-corrected chi connectivity index (χ4v) is 5.56. The van der Waals surface area contributed by atoms with E-state index >= 15 is 0 Å². The third-order valence-electron chi connectivity index (χ3n) is 6.49. The average Bonchev–Trinajstić information content (AvgIpc) is 2.63. The van der Waals surface area contributed by atoms with Crippen LogP contribution in [0.2, 0.25) is 0 Å². The van der Waals surface area contributed by atoms with E-state index in [2.05, 4.69) is 30.1 Å². The van der Waals surface area contributed by atoms with Crippen molar-refractivity contribution in [2.24, 2.45) is 11.8 Å². The molecule has 2 nitrogen and oxygen atoms in total. The summed E-state index contributed by atoms with van der Waals surface area (Å²) in [7, 11) is 4.11. The maximum atomic E-state index is 5.54. The summed E-state index contributed by atoms with van der Waals surface area (Å²) < 4.78 is 5.54. The Hall–Kier alpha value is -1.02. The van der Waals surface area contributed by atoms with E-state index in [1.807, 2.05) is 0 Å². The summed E-state index contributed by atoms with van der Waals surface area (Å²) in [6.45, 7) is 2.54. The molecule has 0 N–H and O–H groups in total. The Bertz CT molecular complexity index is 540. The molecule has 21 heavy (non-hydrogen) atoms. The SMILES string of the molecule is COc1ccc2c(c1)[C@]13CCCC[C@@H]1[C@H](C2)CN(C)CC3. The molecule has 2 heteroatoms. The van der Waals surface area contributed by atoms with Gasteiger partial charge in [-0.15, -0.1) is 0 Å². The van der Waals surface area contributed by atoms with Crippen LogP contribution < -0.4 is 4.74 Å². The van der Waals surface area contributed by atoms with Gasteiger partial charge in [0, 0.05) is 12.0 Å². The summed E-state index contributed by atoms with van der Waals surface area (Å²) in [6, 6.07) is 6.88. The maximum absolute atomic E-state index is 5.54. The van der Waals surface area contributed by atoms with E-state index in [0.29, 0.717) is 5.41 Å². The summed E-state index contributed by atoms with van der Waals surface area (Å²) >= 11 is 0. The Morgan fingerprint density at radius 3 is 3.00 bits per heavy atom. The van der Waals surface area contributed by atoms with Crippen molar-refractivity contribution in [1.82, 2.24) is 4.90 Å². The number of methoxy groups -OCH3 is 1. The van der Waals surface area contributed by atoms with Gasteiger partial charge in [-0.3, -0.25) is 0 Å². The molecule has 1 saturated heterocycles. The Balaban J connectivity index is 1.87. The van der Waals surface area contributed by atoms with Gasteiger partial charge in [0.15, 0.2) is 0 Å². The van der Waals surface area contributed by atoms with Gasteiger partial charge < -0.3 is 9.64 Å². The Morgan fingerprint density at radius 2 is 2.14 bits per heavy atom. The number of benzene rings is 1. The number of likely N-dealkylation sites (tertiary alicyclic amines) is 1. The minimum Gasteiger partial charge on any atom is -0.497 e. The van der Waals surface area contributed by atoms with Crippen molar-refractivity contribution < 1.29 is 4.74 Å². The fourth-order valence-electron chi connectivity index (χ4n) is 5.56. The summed E-state index contributed by atoms with van der Waals surface area (Å²) in [6.07, 6.45) is 8.29. The molecule has 1 aromatic carbocycles. The highest BCUT2D eigenvalue weighted by molar-refractivity contribution is 5.44. The Labute approximate surface area is 128 Å². The van der Waals surface area contributed by atoms with E-state index in [4.69, 9.17) is 4.74 Å².